The lowest BCUT2D eigenvalue weighted by Crippen LogP contribution is -2.44. The number of rotatable bonds is 5. The molecule has 4 heterocycles. The average molecular weight is 510 g/mol. The number of carbonyl (C=O) groups is 1. The minimum atomic E-state index is 0.0327. The molecule has 7 nitrogen and oxygen atoms in total. The van der Waals surface area contributed by atoms with Crippen molar-refractivity contribution in [3.05, 3.63) is 72.1 Å². The van der Waals surface area contributed by atoms with Crippen molar-refractivity contribution < 1.29 is 9.53 Å². The normalized spacial score (nSPS) is 18.3. The average Bonchev–Trinajstić information content (AvgIpc) is 3.63. The molecule has 0 bridgehead atoms. The Labute approximate surface area is 224 Å². The Bertz CT molecular complexity index is 1450. The zero-order valence-corrected chi connectivity index (χ0v) is 22.4. The van der Waals surface area contributed by atoms with E-state index >= 15 is 0 Å². The van der Waals surface area contributed by atoms with Gasteiger partial charge in [-0.25, -0.2) is 4.98 Å². The molecule has 6 rings (SSSR count). The summed E-state index contributed by atoms with van der Waals surface area (Å²) in [6.45, 7) is 7.85. The monoisotopic (exact) mass is 509 g/mol. The van der Waals surface area contributed by atoms with E-state index in [1.807, 2.05) is 43.7 Å². The Balaban J connectivity index is 1.25. The molecule has 0 radical (unpaired) electrons. The highest BCUT2D eigenvalue weighted by Crippen LogP contribution is 2.33. The molecular formula is C31H35N5O2. The van der Waals surface area contributed by atoms with Gasteiger partial charge in [-0.2, -0.15) is 0 Å². The molecule has 2 saturated heterocycles. The number of fused-ring (bicyclic) bond motifs is 1. The number of nitrogens with one attached hydrogen (secondary N) is 1. The molecule has 4 aromatic rings. The number of piperazine rings is 1. The number of aromatic nitrogens is 2. The topological polar surface area (TPSA) is 64.7 Å². The molecule has 0 spiro atoms. The number of hydrogen-bond donors (Lipinski definition) is 1. The molecule has 1 N–H and O–H groups in total. The van der Waals surface area contributed by atoms with E-state index in [2.05, 4.69) is 53.0 Å². The third kappa shape index (κ3) is 4.68. The minimum absolute atomic E-state index is 0.0327. The number of pyridine rings is 1. The number of H-pyrrole nitrogens is 1. The largest absolute Gasteiger partial charge is 0.379 e. The lowest BCUT2D eigenvalue weighted by Gasteiger charge is -2.35. The van der Waals surface area contributed by atoms with E-state index in [0.717, 1.165) is 66.9 Å². The summed E-state index contributed by atoms with van der Waals surface area (Å²) < 4.78 is 5.45. The van der Waals surface area contributed by atoms with E-state index in [0.29, 0.717) is 12.2 Å². The van der Waals surface area contributed by atoms with Gasteiger partial charge in [0.1, 0.15) is 5.65 Å². The number of nitrogens with zero attached hydrogens (tertiary/aromatic N) is 4. The molecule has 38 heavy (non-hydrogen) atoms. The van der Waals surface area contributed by atoms with Crippen molar-refractivity contribution in [1.82, 2.24) is 19.8 Å². The Kier molecular flexibility index (Phi) is 6.64. The molecule has 2 aromatic carbocycles. The zero-order chi connectivity index (χ0) is 26.2. The summed E-state index contributed by atoms with van der Waals surface area (Å²) in [6.07, 6.45) is 4.84. The predicted molar refractivity (Wildman–Crippen MR) is 153 cm³/mol. The van der Waals surface area contributed by atoms with Crippen LogP contribution in [-0.4, -0.2) is 85.2 Å². The lowest BCUT2D eigenvalue weighted by molar-refractivity contribution is 0.0711. The van der Waals surface area contributed by atoms with Crippen molar-refractivity contribution in [1.29, 1.82) is 0 Å². The number of aromatic amines is 1. The molecule has 1 unspecified atom stereocenters. The molecule has 1 amide bonds. The third-order valence-electron chi connectivity index (χ3n) is 8.12. The van der Waals surface area contributed by atoms with Gasteiger partial charge in [0.25, 0.3) is 5.91 Å². The molecule has 0 saturated carbocycles. The summed E-state index contributed by atoms with van der Waals surface area (Å²) in [6, 6.07) is 17.0. The highest BCUT2D eigenvalue weighted by Gasteiger charge is 2.25. The summed E-state index contributed by atoms with van der Waals surface area (Å²) in [5.74, 6) is 0.0327. The standard InChI is InChI=1S/C31H35N5O2/c1-21-16-24(8-9-29(21)36-13-11-34(2)12-14-36)25-17-27-28(19-33-30(27)32-18-25)22-4-6-23(7-5-22)31(37)35(3)26-10-15-38-20-26/h4-9,16-19,26H,10-15,20H2,1-3H3,(H,32,33). The maximum absolute atomic E-state index is 13.0. The van der Waals surface area contributed by atoms with Gasteiger partial charge in [0.05, 0.1) is 12.6 Å². The molecule has 0 aliphatic carbocycles. The zero-order valence-electron chi connectivity index (χ0n) is 22.4. The van der Waals surface area contributed by atoms with Crippen LogP contribution in [0.1, 0.15) is 22.3 Å². The lowest BCUT2D eigenvalue weighted by atomic mass is 9.99. The highest BCUT2D eigenvalue weighted by atomic mass is 16.5. The predicted octanol–water partition coefficient (Wildman–Crippen LogP) is 4.82. The van der Waals surface area contributed by atoms with Gasteiger partial charge in [-0.05, 0) is 67.4 Å². The van der Waals surface area contributed by atoms with Crippen LogP contribution >= 0.6 is 0 Å². The van der Waals surface area contributed by atoms with Gasteiger partial charge in [-0.3, -0.25) is 4.79 Å². The summed E-state index contributed by atoms with van der Waals surface area (Å²) in [4.78, 5) is 27.7. The van der Waals surface area contributed by atoms with Crippen LogP contribution in [0, 0.1) is 6.92 Å². The van der Waals surface area contributed by atoms with E-state index in [1.165, 1.54) is 16.8 Å². The van der Waals surface area contributed by atoms with Gasteiger partial charge < -0.3 is 24.4 Å². The first-order valence-electron chi connectivity index (χ1n) is 13.4. The van der Waals surface area contributed by atoms with Crippen molar-refractivity contribution in [2.45, 2.75) is 19.4 Å². The van der Waals surface area contributed by atoms with Crippen molar-refractivity contribution in [3.8, 4) is 22.3 Å². The van der Waals surface area contributed by atoms with Crippen molar-refractivity contribution >= 4 is 22.6 Å². The summed E-state index contributed by atoms with van der Waals surface area (Å²) in [7, 11) is 4.05. The van der Waals surface area contributed by atoms with Gasteiger partial charge in [0, 0.05) is 80.0 Å². The van der Waals surface area contributed by atoms with Crippen LogP contribution in [-0.2, 0) is 4.74 Å². The van der Waals surface area contributed by atoms with Gasteiger partial charge in [0.2, 0.25) is 0 Å². The maximum Gasteiger partial charge on any atom is 0.253 e. The highest BCUT2D eigenvalue weighted by molar-refractivity contribution is 5.98. The Morgan fingerprint density at radius 1 is 1.03 bits per heavy atom. The number of hydrogen-bond acceptors (Lipinski definition) is 5. The van der Waals surface area contributed by atoms with Gasteiger partial charge >= 0.3 is 0 Å². The van der Waals surface area contributed by atoms with E-state index in [-0.39, 0.29) is 11.9 Å². The smallest absolute Gasteiger partial charge is 0.253 e. The van der Waals surface area contributed by atoms with Crippen LogP contribution in [0.25, 0.3) is 33.3 Å². The number of aryl methyl sites for hydroxylation is 1. The second kappa shape index (κ2) is 10.2. The van der Waals surface area contributed by atoms with Crippen LogP contribution in [0.5, 0.6) is 0 Å². The van der Waals surface area contributed by atoms with Gasteiger partial charge in [-0.15, -0.1) is 0 Å². The summed E-state index contributed by atoms with van der Waals surface area (Å²) >= 11 is 0. The molecule has 2 fully saturated rings. The summed E-state index contributed by atoms with van der Waals surface area (Å²) in [5.41, 5.74) is 8.56. The first-order chi connectivity index (χ1) is 18.5. The Morgan fingerprint density at radius 3 is 2.50 bits per heavy atom. The SMILES string of the molecule is Cc1cc(-c2cnc3[nH]cc(-c4ccc(C(=O)N(C)C5CCOC5)cc4)c3c2)ccc1N1CCN(C)CC1. The van der Waals surface area contributed by atoms with E-state index < -0.39 is 0 Å². The fraction of sp³-hybridized carbons (Fsp3) is 0.355. The maximum atomic E-state index is 13.0. The third-order valence-corrected chi connectivity index (χ3v) is 8.12. The Morgan fingerprint density at radius 2 is 1.79 bits per heavy atom. The Hall–Kier alpha value is -3.68. The number of ether oxygens (including phenoxy) is 1. The van der Waals surface area contributed by atoms with Crippen LogP contribution in [0.3, 0.4) is 0 Å². The fourth-order valence-corrected chi connectivity index (χ4v) is 5.63. The molecule has 1 atom stereocenters. The minimum Gasteiger partial charge on any atom is -0.379 e. The second-order valence-electron chi connectivity index (χ2n) is 10.6. The molecule has 2 aliphatic heterocycles. The van der Waals surface area contributed by atoms with Crippen molar-refractivity contribution in [2.75, 3.05) is 58.4 Å². The quantitative estimate of drug-likeness (QED) is 0.418. The molecule has 2 aliphatic rings. The van der Waals surface area contributed by atoms with Gasteiger partial charge in [0.15, 0.2) is 0 Å². The number of benzene rings is 2. The number of likely N-dealkylation sites (N-methyl/N-ethyl adjacent to an activating group) is 2. The van der Waals surface area contributed by atoms with Crippen LogP contribution in [0.15, 0.2) is 60.9 Å². The van der Waals surface area contributed by atoms with Crippen LogP contribution in [0.4, 0.5) is 5.69 Å². The summed E-state index contributed by atoms with van der Waals surface area (Å²) in [5, 5.41) is 1.07. The van der Waals surface area contributed by atoms with Crippen molar-refractivity contribution in [2.24, 2.45) is 0 Å². The van der Waals surface area contributed by atoms with E-state index in [1.54, 1.807) is 4.90 Å². The molecule has 2 aromatic heterocycles. The van der Waals surface area contributed by atoms with E-state index in [9.17, 15) is 4.79 Å². The van der Waals surface area contributed by atoms with Crippen molar-refractivity contribution in [3.63, 3.8) is 0 Å². The van der Waals surface area contributed by atoms with Crippen LogP contribution < -0.4 is 4.90 Å². The first kappa shape index (κ1) is 24.6. The number of amides is 1. The second-order valence-corrected chi connectivity index (χ2v) is 10.6. The fourth-order valence-electron chi connectivity index (χ4n) is 5.63. The first-order valence-corrected chi connectivity index (χ1v) is 13.4. The number of carbonyl (C=O) groups excluding carboxylic acids is 1. The molecule has 196 valence electrons. The number of anilines is 1. The van der Waals surface area contributed by atoms with E-state index in [4.69, 9.17) is 9.72 Å². The van der Waals surface area contributed by atoms with Gasteiger partial charge in [-0.1, -0.05) is 18.2 Å². The molecular weight excluding hydrogens is 474 g/mol. The van der Waals surface area contributed by atoms with Crippen LogP contribution in [0.2, 0.25) is 0 Å². The molecule has 7 heteroatoms.